The fourth-order valence-corrected chi connectivity index (χ4v) is 5.92. The first-order chi connectivity index (χ1) is 18.1. The fraction of sp³-hybridized carbons (Fsp3) is 0.0909. The van der Waals surface area contributed by atoms with E-state index in [-0.39, 0.29) is 5.41 Å². The second kappa shape index (κ2) is 7.17. The molecule has 0 atom stereocenters. The van der Waals surface area contributed by atoms with E-state index in [1.807, 2.05) is 42.5 Å². The first-order valence-electron chi connectivity index (χ1n) is 12.6. The number of para-hydroxylation sites is 2. The highest BCUT2D eigenvalue weighted by molar-refractivity contribution is 6.07. The summed E-state index contributed by atoms with van der Waals surface area (Å²) in [4.78, 5) is 1.70. The highest BCUT2D eigenvalue weighted by atomic mass is 16.3. The molecule has 0 N–H and O–H groups in total. The van der Waals surface area contributed by atoms with Crippen LogP contribution in [0.15, 0.2) is 108 Å². The van der Waals surface area contributed by atoms with E-state index in [0.29, 0.717) is 0 Å². The summed E-state index contributed by atoms with van der Waals surface area (Å²) in [6.45, 7) is 4.61. The van der Waals surface area contributed by atoms with E-state index in [9.17, 15) is 0 Å². The first-order valence-corrected chi connectivity index (χ1v) is 12.6. The van der Waals surface area contributed by atoms with Crippen LogP contribution in [0.5, 0.6) is 0 Å². The van der Waals surface area contributed by atoms with E-state index in [2.05, 4.69) is 79.6 Å². The number of fused-ring (bicyclic) bond motifs is 7. The van der Waals surface area contributed by atoms with Crippen LogP contribution < -0.4 is 0 Å². The van der Waals surface area contributed by atoms with E-state index >= 15 is 0 Å². The molecule has 37 heavy (non-hydrogen) atoms. The summed E-state index contributed by atoms with van der Waals surface area (Å²) in [6.07, 6.45) is 0. The normalized spacial score (nSPS) is 13.9. The predicted octanol–water partition coefficient (Wildman–Crippen LogP) is 8.29. The molecule has 0 radical (unpaired) electrons. The average molecular weight is 478 g/mol. The maximum Gasteiger partial charge on any atom is 0.135 e. The number of benzene rings is 5. The van der Waals surface area contributed by atoms with Gasteiger partial charge in [0.1, 0.15) is 22.2 Å². The lowest BCUT2D eigenvalue weighted by Gasteiger charge is -2.21. The van der Waals surface area contributed by atoms with Gasteiger partial charge in [-0.15, -0.1) is 10.2 Å². The van der Waals surface area contributed by atoms with Crippen LogP contribution >= 0.6 is 0 Å². The first kappa shape index (κ1) is 20.5. The summed E-state index contributed by atoms with van der Waals surface area (Å²) in [5, 5.41) is 11.8. The van der Waals surface area contributed by atoms with Crippen LogP contribution in [0.3, 0.4) is 0 Å². The van der Waals surface area contributed by atoms with Crippen molar-refractivity contribution in [1.29, 1.82) is 0 Å². The van der Waals surface area contributed by atoms with E-state index in [4.69, 9.17) is 9.52 Å². The molecule has 1 aliphatic carbocycles. The van der Waals surface area contributed by atoms with Crippen LogP contribution in [0.2, 0.25) is 0 Å². The van der Waals surface area contributed by atoms with E-state index in [1.54, 1.807) is 4.80 Å². The SMILES string of the molecule is CC1(C)c2ccc(-c3ccc4nn(-c5ccccc5)nc4c3)cc2-c2cc3c(cc21)oc1ccccc13. The summed E-state index contributed by atoms with van der Waals surface area (Å²) in [5.74, 6) is 0. The highest BCUT2D eigenvalue weighted by Crippen LogP contribution is 2.51. The Bertz CT molecular complexity index is 2010. The number of nitrogens with zero attached hydrogens (tertiary/aromatic N) is 3. The summed E-state index contributed by atoms with van der Waals surface area (Å²) < 4.78 is 6.22. The molecule has 5 aromatic carbocycles. The number of aromatic nitrogens is 3. The zero-order valence-electron chi connectivity index (χ0n) is 20.6. The number of hydrogen-bond donors (Lipinski definition) is 0. The smallest absolute Gasteiger partial charge is 0.135 e. The third-order valence-corrected chi connectivity index (χ3v) is 7.87. The molecule has 0 amide bonds. The third kappa shape index (κ3) is 2.90. The summed E-state index contributed by atoms with van der Waals surface area (Å²) in [6, 6.07) is 36.1. The third-order valence-electron chi connectivity index (χ3n) is 7.87. The van der Waals surface area contributed by atoms with E-state index in [0.717, 1.165) is 38.8 Å². The van der Waals surface area contributed by atoms with Crippen molar-refractivity contribution < 1.29 is 4.42 Å². The van der Waals surface area contributed by atoms with Crippen molar-refractivity contribution in [2.45, 2.75) is 19.3 Å². The van der Waals surface area contributed by atoms with Gasteiger partial charge in [-0.05, 0) is 81.9 Å². The molecule has 1 aliphatic rings. The van der Waals surface area contributed by atoms with Crippen molar-refractivity contribution >= 4 is 33.0 Å². The van der Waals surface area contributed by atoms with Gasteiger partial charge in [0.25, 0.3) is 0 Å². The second-order valence-corrected chi connectivity index (χ2v) is 10.4. The van der Waals surface area contributed by atoms with Crippen molar-refractivity contribution in [3.63, 3.8) is 0 Å². The van der Waals surface area contributed by atoms with Crippen LogP contribution in [0.1, 0.15) is 25.0 Å². The lowest BCUT2D eigenvalue weighted by Crippen LogP contribution is -2.14. The molecule has 2 aromatic heterocycles. The molecular formula is C33H23N3O. The topological polar surface area (TPSA) is 43.9 Å². The average Bonchev–Trinajstić information content (AvgIpc) is 3.58. The number of hydrogen-bond acceptors (Lipinski definition) is 3. The minimum atomic E-state index is -0.0985. The Morgan fingerprint density at radius 2 is 1.32 bits per heavy atom. The van der Waals surface area contributed by atoms with Crippen LogP contribution in [0, 0.1) is 0 Å². The van der Waals surface area contributed by atoms with Gasteiger partial charge in [0.2, 0.25) is 0 Å². The molecule has 0 aliphatic heterocycles. The molecule has 0 fully saturated rings. The van der Waals surface area contributed by atoms with Gasteiger partial charge in [0.05, 0.1) is 5.69 Å². The van der Waals surface area contributed by atoms with Gasteiger partial charge < -0.3 is 4.42 Å². The van der Waals surface area contributed by atoms with Crippen LogP contribution in [0.25, 0.3) is 60.9 Å². The molecule has 8 rings (SSSR count). The lowest BCUT2D eigenvalue weighted by molar-refractivity contribution is 0.647. The summed E-state index contributed by atoms with van der Waals surface area (Å²) in [7, 11) is 0. The number of rotatable bonds is 2. The zero-order valence-corrected chi connectivity index (χ0v) is 20.6. The molecule has 0 saturated carbocycles. The molecule has 0 bridgehead atoms. The maximum absolute atomic E-state index is 6.22. The molecule has 4 nitrogen and oxygen atoms in total. The van der Waals surface area contributed by atoms with Crippen molar-refractivity contribution in [3.8, 4) is 27.9 Å². The lowest BCUT2D eigenvalue weighted by atomic mass is 9.82. The van der Waals surface area contributed by atoms with Gasteiger partial charge in [-0.1, -0.05) is 68.4 Å². The van der Waals surface area contributed by atoms with E-state index < -0.39 is 0 Å². The Morgan fingerprint density at radius 3 is 2.22 bits per heavy atom. The molecule has 176 valence electrons. The van der Waals surface area contributed by atoms with Crippen LogP contribution in [-0.4, -0.2) is 15.0 Å². The van der Waals surface area contributed by atoms with Gasteiger partial charge in [-0.3, -0.25) is 0 Å². The molecule has 7 aromatic rings. The van der Waals surface area contributed by atoms with Gasteiger partial charge in [-0.2, -0.15) is 4.80 Å². The van der Waals surface area contributed by atoms with Crippen molar-refractivity contribution in [2.24, 2.45) is 0 Å². The minimum Gasteiger partial charge on any atom is -0.456 e. The van der Waals surface area contributed by atoms with Crippen molar-refractivity contribution in [2.75, 3.05) is 0 Å². The Labute approximate surface area is 213 Å². The summed E-state index contributed by atoms with van der Waals surface area (Å²) in [5.41, 5.74) is 12.1. The monoisotopic (exact) mass is 477 g/mol. The fourth-order valence-electron chi connectivity index (χ4n) is 5.92. The highest BCUT2D eigenvalue weighted by Gasteiger charge is 2.36. The molecular weight excluding hydrogens is 454 g/mol. The molecule has 0 spiro atoms. The predicted molar refractivity (Wildman–Crippen MR) is 149 cm³/mol. The standard InChI is InChI=1S/C33H23N3O/c1-33(2)27-14-12-20(21-13-15-29-30(17-21)35-36(34-29)22-8-4-3-5-9-22)16-24(27)25-18-26-23-10-6-7-11-31(23)37-32(26)19-28(25)33/h3-19H,1-2H3. The van der Waals surface area contributed by atoms with Gasteiger partial charge in [-0.25, -0.2) is 0 Å². The molecule has 2 heterocycles. The van der Waals surface area contributed by atoms with Gasteiger partial charge >= 0.3 is 0 Å². The quantitative estimate of drug-likeness (QED) is 0.252. The Hall–Kier alpha value is -4.70. The van der Waals surface area contributed by atoms with Crippen molar-refractivity contribution in [3.05, 3.63) is 114 Å². The zero-order chi connectivity index (χ0) is 24.7. The molecule has 0 unspecified atom stereocenters. The maximum atomic E-state index is 6.22. The largest absolute Gasteiger partial charge is 0.456 e. The van der Waals surface area contributed by atoms with Crippen molar-refractivity contribution in [1.82, 2.24) is 15.0 Å². The summed E-state index contributed by atoms with van der Waals surface area (Å²) >= 11 is 0. The van der Waals surface area contributed by atoms with Gasteiger partial charge in [0, 0.05) is 16.2 Å². The Kier molecular flexibility index (Phi) is 3.97. The molecule has 0 saturated heterocycles. The van der Waals surface area contributed by atoms with Crippen LogP contribution in [-0.2, 0) is 5.41 Å². The number of furan rings is 1. The Morgan fingerprint density at radius 1 is 0.595 bits per heavy atom. The van der Waals surface area contributed by atoms with E-state index in [1.165, 1.54) is 33.2 Å². The molecule has 4 heteroatoms. The van der Waals surface area contributed by atoms with Gasteiger partial charge in [0.15, 0.2) is 0 Å². The van der Waals surface area contributed by atoms with Crippen LogP contribution in [0.4, 0.5) is 0 Å². The Balaban J connectivity index is 1.28. The second-order valence-electron chi connectivity index (χ2n) is 10.4. The minimum absolute atomic E-state index is 0.0985.